The van der Waals surface area contributed by atoms with Crippen LogP contribution >= 0.6 is 0 Å². The third-order valence-corrected chi connectivity index (χ3v) is 4.90. The van der Waals surface area contributed by atoms with Gasteiger partial charge in [-0.2, -0.15) is 0 Å². The Bertz CT molecular complexity index is 1040. The van der Waals surface area contributed by atoms with Crippen molar-refractivity contribution in [2.75, 3.05) is 20.3 Å². The Morgan fingerprint density at radius 2 is 1.90 bits per heavy atom. The topological polar surface area (TPSA) is 60.5 Å². The molecule has 0 aliphatic carbocycles. The summed E-state index contributed by atoms with van der Waals surface area (Å²) in [6.07, 6.45) is 1.42. The van der Waals surface area contributed by atoms with Gasteiger partial charge in [0.25, 0.3) is 0 Å². The van der Waals surface area contributed by atoms with Crippen molar-refractivity contribution in [1.29, 1.82) is 0 Å². The molecule has 3 aromatic rings. The van der Waals surface area contributed by atoms with Gasteiger partial charge in [0.1, 0.15) is 11.6 Å². The van der Waals surface area contributed by atoms with Gasteiger partial charge >= 0.3 is 5.97 Å². The van der Waals surface area contributed by atoms with Crippen LogP contribution in [-0.2, 0) is 22.5 Å². The zero-order chi connectivity index (χ0) is 22.2. The van der Waals surface area contributed by atoms with E-state index < -0.39 is 0 Å². The van der Waals surface area contributed by atoms with E-state index in [4.69, 9.17) is 9.47 Å². The number of carbonyl (C=O) groups is 1. The van der Waals surface area contributed by atoms with Crippen molar-refractivity contribution in [1.82, 2.24) is 10.3 Å². The molecule has 2 aromatic carbocycles. The largest absolute Gasteiger partial charge is 0.496 e. The second kappa shape index (κ2) is 10.7. The number of nitrogens with one attached hydrogen (secondary N) is 1. The van der Waals surface area contributed by atoms with Crippen LogP contribution in [-0.4, -0.2) is 31.2 Å². The van der Waals surface area contributed by atoms with E-state index in [-0.39, 0.29) is 18.2 Å². The van der Waals surface area contributed by atoms with Gasteiger partial charge < -0.3 is 14.8 Å². The first-order valence-corrected chi connectivity index (χ1v) is 10.3. The molecule has 0 aliphatic heterocycles. The van der Waals surface area contributed by atoms with Gasteiger partial charge in [-0.3, -0.25) is 9.78 Å². The van der Waals surface area contributed by atoms with E-state index >= 15 is 0 Å². The van der Waals surface area contributed by atoms with E-state index in [0.717, 1.165) is 40.1 Å². The van der Waals surface area contributed by atoms with Gasteiger partial charge in [-0.1, -0.05) is 25.1 Å². The molecule has 0 bridgehead atoms. The smallest absolute Gasteiger partial charge is 0.310 e. The molecule has 31 heavy (non-hydrogen) atoms. The minimum atomic E-state index is -0.364. The molecule has 5 nitrogen and oxygen atoms in total. The Morgan fingerprint density at radius 1 is 1.06 bits per heavy atom. The standard InChI is InChI=1S/C25H27FN2O3/c1-4-27-15-19-14-18(23-10-8-20(26)16-28-23)7-9-21(19)22-12-17(6-11-24(22)30-3)13-25(29)31-5-2/h6-12,14,16,27H,4-5,13,15H2,1-3H3. The van der Waals surface area contributed by atoms with Crippen molar-refractivity contribution < 1.29 is 18.7 Å². The number of hydrogen-bond acceptors (Lipinski definition) is 5. The van der Waals surface area contributed by atoms with Crippen LogP contribution in [0.4, 0.5) is 4.39 Å². The van der Waals surface area contributed by atoms with Crippen molar-refractivity contribution in [3.05, 3.63) is 71.7 Å². The van der Waals surface area contributed by atoms with E-state index in [1.54, 1.807) is 20.1 Å². The first-order chi connectivity index (χ1) is 15.0. The number of halogens is 1. The molecule has 0 unspecified atom stereocenters. The van der Waals surface area contributed by atoms with Crippen LogP contribution in [0.25, 0.3) is 22.4 Å². The maximum Gasteiger partial charge on any atom is 0.310 e. The highest BCUT2D eigenvalue weighted by atomic mass is 19.1. The molecule has 0 fully saturated rings. The summed E-state index contributed by atoms with van der Waals surface area (Å²) in [7, 11) is 1.63. The Labute approximate surface area is 182 Å². The maximum atomic E-state index is 13.3. The van der Waals surface area contributed by atoms with Gasteiger partial charge in [-0.15, -0.1) is 0 Å². The van der Waals surface area contributed by atoms with Crippen molar-refractivity contribution in [2.45, 2.75) is 26.8 Å². The first-order valence-electron chi connectivity index (χ1n) is 10.3. The lowest BCUT2D eigenvalue weighted by Crippen LogP contribution is -2.13. The minimum Gasteiger partial charge on any atom is -0.496 e. The quantitative estimate of drug-likeness (QED) is 0.503. The summed E-state index contributed by atoms with van der Waals surface area (Å²) >= 11 is 0. The molecule has 162 valence electrons. The zero-order valence-corrected chi connectivity index (χ0v) is 18.1. The van der Waals surface area contributed by atoms with Crippen LogP contribution < -0.4 is 10.1 Å². The van der Waals surface area contributed by atoms with Crippen molar-refractivity contribution in [3.8, 4) is 28.1 Å². The van der Waals surface area contributed by atoms with Gasteiger partial charge in [0.15, 0.2) is 0 Å². The average molecular weight is 423 g/mol. The summed E-state index contributed by atoms with van der Waals surface area (Å²) in [5, 5.41) is 3.37. The van der Waals surface area contributed by atoms with Gasteiger partial charge in [-0.25, -0.2) is 4.39 Å². The van der Waals surface area contributed by atoms with Gasteiger partial charge in [0.05, 0.1) is 32.0 Å². The highest BCUT2D eigenvalue weighted by molar-refractivity contribution is 5.79. The van der Waals surface area contributed by atoms with Gasteiger partial charge in [0.2, 0.25) is 0 Å². The molecule has 0 amide bonds. The summed E-state index contributed by atoms with van der Waals surface area (Å²) in [5.74, 6) is 0.0960. The van der Waals surface area contributed by atoms with Gasteiger partial charge in [0, 0.05) is 17.7 Å². The normalized spacial score (nSPS) is 10.7. The Morgan fingerprint density at radius 3 is 2.58 bits per heavy atom. The summed E-state index contributed by atoms with van der Waals surface area (Å²) in [6.45, 7) is 5.66. The molecular weight excluding hydrogens is 395 g/mol. The number of benzene rings is 2. The molecular formula is C25H27FN2O3. The highest BCUT2D eigenvalue weighted by Crippen LogP contribution is 2.35. The number of hydrogen-bond donors (Lipinski definition) is 1. The summed E-state index contributed by atoms with van der Waals surface area (Å²) < 4.78 is 24.0. The lowest BCUT2D eigenvalue weighted by Gasteiger charge is -2.16. The fraction of sp³-hybridized carbons (Fsp3) is 0.280. The van der Waals surface area contributed by atoms with E-state index in [1.807, 2.05) is 37.3 Å². The van der Waals surface area contributed by atoms with Crippen LogP contribution in [0, 0.1) is 5.82 Å². The number of nitrogens with zero attached hydrogens (tertiary/aromatic N) is 1. The average Bonchev–Trinajstić information content (AvgIpc) is 2.78. The second-order valence-corrected chi connectivity index (χ2v) is 7.03. The predicted molar refractivity (Wildman–Crippen MR) is 119 cm³/mol. The molecule has 0 saturated carbocycles. The van der Waals surface area contributed by atoms with Crippen LogP contribution in [0.2, 0.25) is 0 Å². The number of aromatic nitrogens is 1. The van der Waals surface area contributed by atoms with Crippen LogP contribution in [0.5, 0.6) is 5.75 Å². The van der Waals surface area contributed by atoms with E-state index in [1.165, 1.54) is 12.3 Å². The van der Waals surface area contributed by atoms with Gasteiger partial charge in [-0.05, 0) is 60.5 Å². The van der Waals surface area contributed by atoms with Crippen molar-refractivity contribution in [2.24, 2.45) is 0 Å². The lowest BCUT2D eigenvalue weighted by atomic mass is 9.94. The zero-order valence-electron chi connectivity index (χ0n) is 18.1. The molecule has 0 radical (unpaired) electrons. The van der Waals surface area contributed by atoms with E-state index in [0.29, 0.717) is 18.8 Å². The number of esters is 1. The maximum absolute atomic E-state index is 13.3. The predicted octanol–water partition coefficient (Wildman–Crippen LogP) is 4.78. The number of methoxy groups -OCH3 is 1. The fourth-order valence-corrected chi connectivity index (χ4v) is 3.42. The van der Waals surface area contributed by atoms with Crippen molar-refractivity contribution >= 4 is 5.97 Å². The third-order valence-electron chi connectivity index (χ3n) is 4.90. The van der Waals surface area contributed by atoms with Crippen molar-refractivity contribution in [3.63, 3.8) is 0 Å². The monoisotopic (exact) mass is 422 g/mol. The molecule has 6 heteroatoms. The Balaban J connectivity index is 2.05. The minimum absolute atomic E-state index is 0.199. The highest BCUT2D eigenvalue weighted by Gasteiger charge is 2.15. The Kier molecular flexibility index (Phi) is 7.73. The first kappa shape index (κ1) is 22.4. The fourth-order valence-electron chi connectivity index (χ4n) is 3.42. The molecule has 0 aliphatic rings. The number of pyridine rings is 1. The molecule has 0 saturated heterocycles. The molecule has 1 heterocycles. The molecule has 1 N–H and O–H groups in total. The van der Waals surface area contributed by atoms with E-state index in [9.17, 15) is 9.18 Å². The van der Waals surface area contributed by atoms with E-state index in [2.05, 4.69) is 16.4 Å². The number of carbonyl (C=O) groups excluding carboxylic acids is 1. The number of ether oxygens (including phenoxy) is 2. The van der Waals surface area contributed by atoms with Crippen LogP contribution in [0.3, 0.4) is 0 Å². The summed E-state index contributed by atoms with van der Waals surface area (Å²) in [4.78, 5) is 16.2. The van der Waals surface area contributed by atoms with Crippen LogP contribution in [0.1, 0.15) is 25.0 Å². The summed E-state index contributed by atoms with van der Waals surface area (Å²) in [5.41, 5.74) is 5.40. The molecule has 0 spiro atoms. The molecule has 0 atom stereocenters. The Hall–Kier alpha value is -3.25. The van der Waals surface area contributed by atoms with Crippen LogP contribution in [0.15, 0.2) is 54.7 Å². The molecule has 3 rings (SSSR count). The molecule has 1 aromatic heterocycles. The second-order valence-electron chi connectivity index (χ2n) is 7.03. The lowest BCUT2D eigenvalue weighted by molar-refractivity contribution is -0.142. The number of rotatable bonds is 9. The summed E-state index contributed by atoms with van der Waals surface area (Å²) in [6, 6.07) is 14.8. The third kappa shape index (κ3) is 5.67. The SMILES string of the molecule is CCNCc1cc(-c2ccc(F)cn2)ccc1-c1cc(CC(=O)OCC)ccc1OC.